The molecular weight excluding hydrogens is 424 g/mol. The fourth-order valence-corrected chi connectivity index (χ4v) is 4.52. The summed E-state index contributed by atoms with van der Waals surface area (Å²) in [6.07, 6.45) is -2.35. The van der Waals surface area contributed by atoms with Gasteiger partial charge in [-0.2, -0.15) is 18.4 Å². The molecule has 1 unspecified atom stereocenters. The van der Waals surface area contributed by atoms with Crippen molar-refractivity contribution >= 4 is 29.9 Å². The van der Waals surface area contributed by atoms with E-state index in [2.05, 4.69) is 17.6 Å². The van der Waals surface area contributed by atoms with E-state index in [0.29, 0.717) is 25.3 Å². The van der Waals surface area contributed by atoms with Gasteiger partial charge in [0.1, 0.15) is 23.2 Å². The SMILES string of the molecule is N#Cc1ncc(N2C(=O)C3(CCC3)N(c3ccc(F)cc3O)C2S)cc1C(F)(F)F. The Kier molecular flexibility index (Phi) is 4.58. The molecule has 2 heterocycles. The molecule has 156 valence electrons. The highest BCUT2D eigenvalue weighted by Crippen LogP contribution is 2.52. The van der Waals surface area contributed by atoms with Crippen LogP contribution >= 0.6 is 12.6 Å². The van der Waals surface area contributed by atoms with Gasteiger partial charge in [0, 0.05) is 6.07 Å². The summed E-state index contributed by atoms with van der Waals surface area (Å²) < 4.78 is 53.5. The minimum atomic E-state index is -4.84. The van der Waals surface area contributed by atoms with Crippen molar-refractivity contribution in [2.24, 2.45) is 0 Å². The standard InChI is InChI=1S/C19H14F4N4O2S/c20-10-2-3-14(15(28)6-10)27-17(30)26(16(29)18(27)4-1-5-18)11-7-12(19(21,22)23)13(8-24)25-9-11/h2-3,6-7,9,17,28,30H,1,4-5H2. The number of aromatic hydroxyl groups is 1. The lowest BCUT2D eigenvalue weighted by Crippen LogP contribution is -2.55. The number of benzene rings is 1. The molecule has 1 saturated heterocycles. The van der Waals surface area contributed by atoms with Crippen molar-refractivity contribution in [1.29, 1.82) is 5.26 Å². The van der Waals surface area contributed by atoms with E-state index >= 15 is 0 Å². The Morgan fingerprint density at radius 2 is 2.00 bits per heavy atom. The maximum absolute atomic E-state index is 13.4. The molecule has 0 bridgehead atoms. The largest absolute Gasteiger partial charge is 0.506 e. The molecule has 1 saturated carbocycles. The number of amides is 1. The molecule has 1 aromatic heterocycles. The van der Waals surface area contributed by atoms with Gasteiger partial charge in [-0.15, -0.1) is 12.6 Å². The molecule has 2 aromatic rings. The van der Waals surface area contributed by atoms with E-state index in [1.54, 1.807) is 0 Å². The summed E-state index contributed by atoms with van der Waals surface area (Å²) in [5.74, 6) is -1.59. The highest BCUT2D eigenvalue weighted by molar-refractivity contribution is 7.81. The second-order valence-corrected chi connectivity index (χ2v) is 7.57. The van der Waals surface area contributed by atoms with Crippen LogP contribution in [0.1, 0.15) is 30.5 Å². The summed E-state index contributed by atoms with van der Waals surface area (Å²) in [5, 5.41) is 19.2. The minimum Gasteiger partial charge on any atom is -0.506 e. The third kappa shape index (κ3) is 2.86. The number of alkyl halides is 3. The Morgan fingerprint density at radius 1 is 1.30 bits per heavy atom. The second kappa shape index (κ2) is 6.77. The second-order valence-electron chi connectivity index (χ2n) is 7.11. The number of phenolic OH excluding ortho intramolecular Hbond substituents is 1. The van der Waals surface area contributed by atoms with Gasteiger partial charge < -0.3 is 10.0 Å². The lowest BCUT2D eigenvalue weighted by molar-refractivity contribution is -0.138. The summed E-state index contributed by atoms with van der Waals surface area (Å²) in [6.45, 7) is 0. The number of hydrogen-bond donors (Lipinski definition) is 2. The number of aromatic nitrogens is 1. The van der Waals surface area contributed by atoms with Gasteiger partial charge in [0.2, 0.25) is 0 Å². The van der Waals surface area contributed by atoms with Gasteiger partial charge >= 0.3 is 6.18 Å². The zero-order valence-electron chi connectivity index (χ0n) is 15.2. The van der Waals surface area contributed by atoms with Gasteiger partial charge in [-0.25, -0.2) is 9.37 Å². The van der Waals surface area contributed by atoms with Gasteiger partial charge in [0.15, 0.2) is 11.2 Å². The zero-order chi connectivity index (χ0) is 21.8. The lowest BCUT2D eigenvalue weighted by atomic mass is 9.75. The van der Waals surface area contributed by atoms with Crippen molar-refractivity contribution in [2.75, 3.05) is 9.80 Å². The van der Waals surface area contributed by atoms with E-state index in [9.17, 15) is 27.5 Å². The molecule has 4 rings (SSSR count). The number of thiol groups is 1. The van der Waals surface area contributed by atoms with Crippen LogP contribution in [0.4, 0.5) is 28.9 Å². The Labute approximate surface area is 173 Å². The topological polar surface area (TPSA) is 80.5 Å². The van der Waals surface area contributed by atoms with Crippen LogP contribution in [0.2, 0.25) is 0 Å². The van der Waals surface area contributed by atoms with Gasteiger partial charge in [-0.3, -0.25) is 9.69 Å². The van der Waals surface area contributed by atoms with Gasteiger partial charge in [-0.1, -0.05) is 0 Å². The molecule has 30 heavy (non-hydrogen) atoms. The smallest absolute Gasteiger partial charge is 0.419 e. The number of phenols is 1. The number of nitrogens with zero attached hydrogens (tertiary/aromatic N) is 4. The van der Waals surface area contributed by atoms with Crippen molar-refractivity contribution in [3.05, 3.63) is 47.5 Å². The first-order chi connectivity index (χ1) is 14.1. The first-order valence-corrected chi connectivity index (χ1v) is 9.39. The third-order valence-electron chi connectivity index (χ3n) is 5.48. The zero-order valence-corrected chi connectivity index (χ0v) is 16.1. The van der Waals surface area contributed by atoms with Crippen LogP contribution in [-0.4, -0.2) is 27.0 Å². The Morgan fingerprint density at radius 3 is 2.53 bits per heavy atom. The fourth-order valence-electron chi connectivity index (χ4n) is 3.93. The normalized spacial score (nSPS) is 20.4. The molecule has 0 radical (unpaired) electrons. The average Bonchev–Trinajstić information content (AvgIpc) is 2.87. The van der Waals surface area contributed by atoms with E-state index in [1.165, 1.54) is 17.0 Å². The van der Waals surface area contributed by atoms with E-state index in [1.807, 2.05) is 0 Å². The fraction of sp³-hybridized carbons (Fsp3) is 0.316. The van der Waals surface area contributed by atoms with Crippen LogP contribution < -0.4 is 9.80 Å². The van der Waals surface area contributed by atoms with E-state index in [4.69, 9.17) is 5.26 Å². The molecule has 1 aliphatic carbocycles. The predicted molar refractivity (Wildman–Crippen MR) is 101 cm³/mol. The number of nitriles is 1. The number of hydrogen-bond acceptors (Lipinski definition) is 6. The number of rotatable bonds is 2. The molecule has 6 nitrogen and oxygen atoms in total. The molecule has 1 N–H and O–H groups in total. The number of pyridine rings is 1. The predicted octanol–water partition coefficient (Wildman–Crippen LogP) is 3.81. The lowest BCUT2D eigenvalue weighted by Gasteiger charge is -2.44. The van der Waals surface area contributed by atoms with Crippen molar-refractivity contribution in [2.45, 2.75) is 36.5 Å². The Hall–Kier alpha value is -3.00. The van der Waals surface area contributed by atoms with Crippen molar-refractivity contribution in [3.63, 3.8) is 0 Å². The minimum absolute atomic E-state index is 0.143. The van der Waals surface area contributed by atoms with Crippen molar-refractivity contribution in [1.82, 2.24) is 4.98 Å². The molecule has 2 aliphatic rings. The van der Waals surface area contributed by atoms with Crippen molar-refractivity contribution in [3.8, 4) is 11.8 Å². The quantitative estimate of drug-likeness (QED) is 0.551. The Balaban J connectivity index is 1.83. The maximum atomic E-state index is 13.4. The van der Waals surface area contributed by atoms with E-state index in [-0.39, 0.29) is 11.4 Å². The molecule has 1 atom stereocenters. The number of carbonyl (C=O) groups is 1. The first kappa shape index (κ1) is 20.3. The summed E-state index contributed by atoms with van der Waals surface area (Å²) in [7, 11) is 0. The molecule has 1 aliphatic heterocycles. The van der Waals surface area contributed by atoms with Gasteiger partial charge in [-0.05, 0) is 37.5 Å². The highest BCUT2D eigenvalue weighted by atomic mass is 32.1. The average molecular weight is 438 g/mol. The monoisotopic (exact) mass is 438 g/mol. The van der Waals surface area contributed by atoms with Crippen LogP contribution in [0, 0.1) is 17.1 Å². The molecule has 1 spiro atoms. The number of anilines is 2. The molecule has 11 heteroatoms. The maximum Gasteiger partial charge on any atom is 0.419 e. The molecule has 1 amide bonds. The summed E-state index contributed by atoms with van der Waals surface area (Å²) in [6, 6.07) is 5.38. The van der Waals surface area contributed by atoms with Crippen LogP contribution in [0.5, 0.6) is 5.75 Å². The highest BCUT2D eigenvalue weighted by Gasteiger charge is 2.60. The van der Waals surface area contributed by atoms with E-state index < -0.39 is 45.9 Å². The Bertz CT molecular complexity index is 1080. The number of halogens is 4. The van der Waals surface area contributed by atoms with Crippen LogP contribution in [0.15, 0.2) is 30.5 Å². The van der Waals surface area contributed by atoms with Gasteiger partial charge in [0.25, 0.3) is 5.91 Å². The molecular formula is C19H14F4N4O2S. The van der Waals surface area contributed by atoms with Crippen LogP contribution in [0.3, 0.4) is 0 Å². The third-order valence-corrected chi connectivity index (χ3v) is 5.94. The summed E-state index contributed by atoms with van der Waals surface area (Å²) >= 11 is 4.45. The van der Waals surface area contributed by atoms with E-state index in [0.717, 1.165) is 23.2 Å². The molecule has 1 aromatic carbocycles. The van der Waals surface area contributed by atoms with Gasteiger partial charge in [0.05, 0.1) is 23.1 Å². The summed E-state index contributed by atoms with van der Waals surface area (Å²) in [4.78, 5) is 19.4. The van der Waals surface area contributed by atoms with Crippen LogP contribution in [-0.2, 0) is 11.0 Å². The van der Waals surface area contributed by atoms with Crippen molar-refractivity contribution < 1.29 is 27.5 Å². The van der Waals surface area contributed by atoms with Crippen LogP contribution in [0.25, 0.3) is 0 Å². The summed E-state index contributed by atoms with van der Waals surface area (Å²) in [5.41, 5.74) is -4.30. The first-order valence-electron chi connectivity index (χ1n) is 8.87. The molecule has 2 fully saturated rings. The number of carbonyl (C=O) groups excluding carboxylic acids is 1.